The third-order valence-electron chi connectivity index (χ3n) is 3.01. The zero-order valence-electron chi connectivity index (χ0n) is 11.3. The molecule has 0 unspecified atom stereocenters. The summed E-state index contributed by atoms with van der Waals surface area (Å²) in [6.07, 6.45) is 2.20. The van der Waals surface area contributed by atoms with Crippen LogP contribution in [0.2, 0.25) is 0 Å². The van der Waals surface area contributed by atoms with Gasteiger partial charge in [0.2, 0.25) is 0 Å². The SMILES string of the molecule is COCCn1cc(CN(C)C)c2ccc(N)cc21. The predicted octanol–water partition coefficient (Wildman–Crippen LogP) is 1.93. The molecule has 0 fully saturated rings. The molecule has 0 amide bonds. The van der Waals surface area contributed by atoms with Crippen LogP contribution >= 0.6 is 0 Å². The minimum atomic E-state index is 0.708. The lowest BCUT2D eigenvalue weighted by atomic mass is 10.1. The molecule has 1 aromatic carbocycles. The van der Waals surface area contributed by atoms with Crippen molar-refractivity contribution in [1.29, 1.82) is 0 Å². The highest BCUT2D eigenvalue weighted by molar-refractivity contribution is 5.86. The Morgan fingerprint density at radius 1 is 1.33 bits per heavy atom. The van der Waals surface area contributed by atoms with E-state index in [0.717, 1.165) is 18.8 Å². The van der Waals surface area contributed by atoms with Gasteiger partial charge in [-0.15, -0.1) is 0 Å². The van der Waals surface area contributed by atoms with Crippen molar-refractivity contribution in [2.24, 2.45) is 0 Å². The summed E-state index contributed by atoms with van der Waals surface area (Å²) in [4.78, 5) is 2.17. The predicted molar refractivity (Wildman–Crippen MR) is 75.6 cm³/mol. The number of hydrogen-bond acceptors (Lipinski definition) is 3. The van der Waals surface area contributed by atoms with Gasteiger partial charge in [0.15, 0.2) is 0 Å². The summed E-state index contributed by atoms with van der Waals surface area (Å²) in [6, 6.07) is 6.10. The minimum absolute atomic E-state index is 0.708. The molecule has 0 atom stereocenters. The quantitative estimate of drug-likeness (QED) is 0.821. The fraction of sp³-hybridized carbons (Fsp3) is 0.429. The van der Waals surface area contributed by atoms with E-state index in [-0.39, 0.29) is 0 Å². The van der Waals surface area contributed by atoms with Gasteiger partial charge in [0, 0.05) is 37.5 Å². The van der Waals surface area contributed by atoms with Crippen LogP contribution in [0.25, 0.3) is 10.9 Å². The first-order valence-corrected chi connectivity index (χ1v) is 6.12. The maximum Gasteiger partial charge on any atom is 0.0641 e. The first kappa shape index (κ1) is 12.9. The summed E-state index contributed by atoms with van der Waals surface area (Å²) in [6.45, 7) is 2.49. The Hall–Kier alpha value is -1.52. The lowest BCUT2D eigenvalue weighted by molar-refractivity contribution is 0.188. The van der Waals surface area contributed by atoms with Crippen LogP contribution in [0.15, 0.2) is 24.4 Å². The molecule has 0 aliphatic heterocycles. The number of benzene rings is 1. The normalized spacial score (nSPS) is 11.6. The van der Waals surface area contributed by atoms with Gasteiger partial charge in [0.1, 0.15) is 0 Å². The monoisotopic (exact) mass is 247 g/mol. The molecule has 18 heavy (non-hydrogen) atoms. The van der Waals surface area contributed by atoms with Crippen LogP contribution in [0.4, 0.5) is 5.69 Å². The molecule has 0 aliphatic rings. The van der Waals surface area contributed by atoms with Crippen LogP contribution in [-0.4, -0.2) is 37.3 Å². The van der Waals surface area contributed by atoms with Crippen molar-refractivity contribution in [2.45, 2.75) is 13.1 Å². The van der Waals surface area contributed by atoms with Crippen LogP contribution in [0.5, 0.6) is 0 Å². The molecule has 4 heteroatoms. The molecule has 4 nitrogen and oxygen atoms in total. The van der Waals surface area contributed by atoms with E-state index in [9.17, 15) is 0 Å². The fourth-order valence-corrected chi connectivity index (χ4v) is 2.23. The van der Waals surface area contributed by atoms with Crippen LogP contribution in [0.3, 0.4) is 0 Å². The zero-order chi connectivity index (χ0) is 13.1. The Labute approximate surface area is 108 Å². The van der Waals surface area contributed by atoms with Gasteiger partial charge in [-0.2, -0.15) is 0 Å². The number of methoxy groups -OCH3 is 1. The molecule has 0 saturated carbocycles. The first-order valence-electron chi connectivity index (χ1n) is 6.12. The van der Waals surface area contributed by atoms with E-state index in [1.165, 1.54) is 16.5 Å². The summed E-state index contributed by atoms with van der Waals surface area (Å²) in [5, 5.41) is 1.27. The number of anilines is 1. The third-order valence-corrected chi connectivity index (χ3v) is 3.01. The second-order valence-electron chi connectivity index (χ2n) is 4.85. The number of nitrogen functional groups attached to an aromatic ring is 1. The van der Waals surface area contributed by atoms with Gasteiger partial charge in [-0.1, -0.05) is 6.07 Å². The average Bonchev–Trinajstić information content (AvgIpc) is 2.63. The Bertz CT molecular complexity index is 531. The molecule has 2 aromatic rings. The van der Waals surface area contributed by atoms with Gasteiger partial charge in [-0.3, -0.25) is 0 Å². The number of nitrogens with zero attached hydrogens (tertiary/aromatic N) is 2. The van der Waals surface area contributed by atoms with Crippen molar-refractivity contribution in [1.82, 2.24) is 9.47 Å². The lowest BCUT2D eigenvalue weighted by Gasteiger charge is -2.07. The molecule has 2 rings (SSSR count). The second-order valence-corrected chi connectivity index (χ2v) is 4.85. The molecule has 0 aliphatic carbocycles. The summed E-state index contributed by atoms with van der Waals surface area (Å²) >= 11 is 0. The van der Waals surface area contributed by atoms with Crippen LogP contribution < -0.4 is 5.73 Å². The van der Waals surface area contributed by atoms with E-state index in [4.69, 9.17) is 10.5 Å². The molecule has 1 heterocycles. The third kappa shape index (κ3) is 2.66. The number of hydrogen-bond donors (Lipinski definition) is 1. The number of nitrogens with two attached hydrogens (primary N) is 1. The average molecular weight is 247 g/mol. The molecular formula is C14H21N3O. The van der Waals surface area contributed by atoms with Crippen LogP contribution in [0.1, 0.15) is 5.56 Å². The largest absolute Gasteiger partial charge is 0.399 e. The van der Waals surface area contributed by atoms with Gasteiger partial charge in [-0.25, -0.2) is 0 Å². The fourth-order valence-electron chi connectivity index (χ4n) is 2.23. The van der Waals surface area contributed by atoms with Gasteiger partial charge < -0.3 is 19.9 Å². The van der Waals surface area contributed by atoms with Crippen molar-refractivity contribution in [3.63, 3.8) is 0 Å². The number of rotatable bonds is 5. The Kier molecular flexibility index (Phi) is 3.89. The van der Waals surface area contributed by atoms with Gasteiger partial charge >= 0.3 is 0 Å². The molecule has 0 spiro atoms. The van der Waals surface area contributed by atoms with Crippen LogP contribution in [0, 0.1) is 0 Å². The van der Waals surface area contributed by atoms with Gasteiger partial charge in [0.25, 0.3) is 0 Å². The zero-order valence-corrected chi connectivity index (χ0v) is 11.3. The molecule has 0 radical (unpaired) electrons. The molecule has 0 saturated heterocycles. The van der Waals surface area contributed by atoms with E-state index in [1.807, 2.05) is 12.1 Å². The van der Waals surface area contributed by atoms with Gasteiger partial charge in [0.05, 0.1) is 12.1 Å². The number of ether oxygens (including phenoxy) is 1. The highest BCUT2D eigenvalue weighted by atomic mass is 16.5. The molecule has 2 N–H and O–H groups in total. The number of fused-ring (bicyclic) bond motifs is 1. The van der Waals surface area contributed by atoms with Crippen molar-refractivity contribution < 1.29 is 4.74 Å². The van der Waals surface area contributed by atoms with Crippen molar-refractivity contribution >= 4 is 16.6 Å². The highest BCUT2D eigenvalue weighted by Gasteiger charge is 2.09. The van der Waals surface area contributed by atoms with E-state index < -0.39 is 0 Å². The molecular weight excluding hydrogens is 226 g/mol. The van der Waals surface area contributed by atoms with Crippen molar-refractivity contribution in [3.05, 3.63) is 30.0 Å². The van der Waals surface area contributed by atoms with E-state index >= 15 is 0 Å². The smallest absolute Gasteiger partial charge is 0.0641 e. The standard InChI is InChI=1S/C14H21N3O/c1-16(2)9-11-10-17(6-7-18-3)14-8-12(15)4-5-13(11)14/h4-5,8,10H,6-7,9,15H2,1-3H3. The highest BCUT2D eigenvalue weighted by Crippen LogP contribution is 2.24. The summed E-state index contributed by atoms with van der Waals surface area (Å²) in [5.41, 5.74) is 9.19. The maximum atomic E-state index is 5.88. The Morgan fingerprint density at radius 2 is 2.11 bits per heavy atom. The first-order chi connectivity index (χ1) is 8.61. The maximum absolute atomic E-state index is 5.88. The number of aromatic nitrogens is 1. The summed E-state index contributed by atoms with van der Waals surface area (Å²) in [7, 11) is 5.88. The van der Waals surface area contributed by atoms with Gasteiger partial charge in [-0.05, 0) is 31.8 Å². The van der Waals surface area contributed by atoms with Crippen molar-refractivity contribution in [2.75, 3.05) is 33.5 Å². The van der Waals surface area contributed by atoms with E-state index in [2.05, 4.69) is 35.8 Å². The second kappa shape index (κ2) is 5.42. The molecule has 98 valence electrons. The molecule has 0 bridgehead atoms. The van der Waals surface area contributed by atoms with Crippen LogP contribution in [-0.2, 0) is 17.8 Å². The Balaban J connectivity index is 2.45. The van der Waals surface area contributed by atoms with E-state index in [0.29, 0.717) is 6.61 Å². The summed E-state index contributed by atoms with van der Waals surface area (Å²) in [5.74, 6) is 0. The molecule has 1 aromatic heterocycles. The van der Waals surface area contributed by atoms with Crippen molar-refractivity contribution in [3.8, 4) is 0 Å². The van der Waals surface area contributed by atoms with E-state index in [1.54, 1.807) is 7.11 Å². The Morgan fingerprint density at radius 3 is 2.78 bits per heavy atom. The summed E-state index contributed by atoms with van der Waals surface area (Å²) < 4.78 is 7.37. The minimum Gasteiger partial charge on any atom is -0.399 e. The lowest BCUT2D eigenvalue weighted by Crippen LogP contribution is -2.10. The topological polar surface area (TPSA) is 43.4 Å².